The van der Waals surface area contributed by atoms with Crippen molar-refractivity contribution in [1.29, 1.82) is 0 Å². The molecule has 0 atom stereocenters. The predicted octanol–water partition coefficient (Wildman–Crippen LogP) is 2.80. The maximum Gasteiger partial charge on any atom is 0.338 e. The van der Waals surface area contributed by atoms with E-state index in [-0.39, 0.29) is 17.4 Å². The van der Waals surface area contributed by atoms with Gasteiger partial charge in [-0.25, -0.2) is 23.3 Å². The summed E-state index contributed by atoms with van der Waals surface area (Å²) in [6, 6.07) is 10.9. The summed E-state index contributed by atoms with van der Waals surface area (Å²) in [5, 5.41) is 7.84. The molecule has 3 N–H and O–H groups in total. The number of benzene rings is 2. The average Bonchev–Trinajstić information content (AvgIpc) is 3.06. The fraction of sp³-hybridized carbons (Fsp3) is 0.286. The first-order valence-corrected chi connectivity index (χ1v) is 11.3. The number of carbonyl (C=O) groups is 2. The van der Waals surface area contributed by atoms with Crippen LogP contribution in [0.4, 0.5) is 5.69 Å². The zero-order valence-corrected chi connectivity index (χ0v) is 18.1. The van der Waals surface area contributed by atoms with Gasteiger partial charge >= 0.3 is 5.97 Å². The number of primary sulfonamides is 1. The first-order chi connectivity index (χ1) is 14.7. The van der Waals surface area contributed by atoms with E-state index in [1.807, 2.05) is 4.57 Å². The number of amides is 1. The monoisotopic (exact) mass is 444 g/mol. The number of aryl methyl sites for hydroxylation is 1. The summed E-state index contributed by atoms with van der Waals surface area (Å²) >= 11 is 0. The Bertz CT molecular complexity index is 1230. The van der Waals surface area contributed by atoms with Gasteiger partial charge in [-0.1, -0.05) is 19.4 Å². The van der Waals surface area contributed by atoms with Gasteiger partial charge in [-0.15, -0.1) is 0 Å². The van der Waals surface area contributed by atoms with Crippen molar-refractivity contribution >= 4 is 38.6 Å². The maximum absolute atomic E-state index is 12.5. The number of hydrogen-bond acceptors (Lipinski definition) is 6. The van der Waals surface area contributed by atoms with E-state index in [4.69, 9.17) is 9.88 Å². The molecule has 0 fully saturated rings. The minimum absolute atomic E-state index is 0.0292. The lowest BCUT2D eigenvalue weighted by Crippen LogP contribution is -2.12. The number of nitrogens with two attached hydrogens (primary N) is 1. The topological polar surface area (TPSA) is 133 Å². The number of esters is 1. The number of imidazole rings is 1. The number of hydrogen-bond donors (Lipinski definition) is 2. The van der Waals surface area contributed by atoms with Gasteiger partial charge in [0.05, 0.1) is 21.5 Å². The molecule has 0 bridgehead atoms. The molecule has 0 radical (unpaired) electrons. The van der Waals surface area contributed by atoms with E-state index >= 15 is 0 Å². The van der Waals surface area contributed by atoms with Gasteiger partial charge < -0.3 is 14.6 Å². The first kappa shape index (κ1) is 22.4. The zero-order valence-electron chi connectivity index (χ0n) is 17.3. The minimum atomic E-state index is -3.85. The number of fused-ring (bicyclic) bond motifs is 1. The van der Waals surface area contributed by atoms with E-state index in [9.17, 15) is 18.0 Å². The molecule has 164 valence electrons. The van der Waals surface area contributed by atoms with E-state index in [1.165, 1.54) is 25.1 Å². The van der Waals surface area contributed by atoms with Crippen LogP contribution in [0.2, 0.25) is 0 Å². The van der Waals surface area contributed by atoms with Crippen molar-refractivity contribution < 1.29 is 22.7 Å². The molecule has 0 saturated heterocycles. The molecule has 0 saturated carbocycles. The summed E-state index contributed by atoms with van der Waals surface area (Å²) in [5.74, 6) is -0.304. The first-order valence-electron chi connectivity index (χ1n) is 9.75. The fourth-order valence-electron chi connectivity index (χ4n) is 3.15. The van der Waals surface area contributed by atoms with E-state index in [0.717, 1.165) is 18.4 Å². The molecule has 9 nitrogen and oxygen atoms in total. The largest absolute Gasteiger partial charge is 0.454 e. The number of nitrogens with zero attached hydrogens (tertiary/aromatic N) is 2. The number of anilines is 1. The smallest absolute Gasteiger partial charge is 0.338 e. The summed E-state index contributed by atoms with van der Waals surface area (Å²) in [6.07, 6.45) is 1.83. The predicted molar refractivity (Wildman–Crippen MR) is 116 cm³/mol. The van der Waals surface area contributed by atoms with Gasteiger partial charge in [0.25, 0.3) is 0 Å². The number of unbranched alkanes of at least 4 members (excludes halogenated alkanes) is 1. The quantitative estimate of drug-likeness (QED) is 0.513. The van der Waals surface area contributed by atoms with Crippen molar-refractivity contribution in [3.8, 4) is 0 Å². The van der Waals surface area contributed by atoms with Crippen molar-refractivity contribution in [1.82, 2.24) is 9.55 Å². The molecule has 2 aromatic carbocycles. The lowest BCUT2D eigenvalue weighted by molar-refractivity contribution is -0.114. The van der Waals surface area contributed by atoms with Crippen LogP contribution >= 0.6 is 0 Å². The van der Waals surface area contributed by atoms with Gasteiger partial charge in [-0.05, 0) is 42.8 Å². The van der Waals surface area contributed by atoms with Crippen molar-refractivity contribution in [2.24, 2.45) is 5.14 Å². The van der Waals surface area contributed by atoms with Gasteiger partial charge in [0, 0.05) is 19.2 Å². The highest BCUT2D eigenvalue weighted by atomic mass is 32.2. The third kappa shape index (κ3) is 5.47. The minimum Gasteiger partial charge on any atom is -0.454 e. The van der Waals surface area contributed by atoms with Crippen LogP contribution < -0.4 is 10.5 Å². The number of aromatic nitrogens is 2. The number of sulfonamides is 1. The Balaban J connectivity index is 1.86. The van der Waals surface area contributed by atoms with Crippen LogP contribution in [-0.2, 0) is 32.7 Å². The molecule has 3 rings (SSSR count). The molecule has 1 amide bonds. The second-order valence-electron chi connectivity index (χ2n) is 7.07. The molecule has 1 aromatic heterocycles. The lowest BCUT2D eigenvalue weighted by Gasteiger charge is -2.10. The Kier molecular flexibility index (Phi) is 6.71. The average molecular weight is 445 g/mol. The summed E-state index contributed by atoms with van der Waals surface area (Å²) < 4.78 is 30.7. The summed E-state index contributed by atoms with van der Waals surface area (Å²) in [6.45, 7) is 3.99. The molecule has 0 aliphatic carbocycles. The van der Waals surface area contributed by atoms with Crippen LogP contribution in [0.15, 0.2) is 47.4 Å². The standard InChI is InChI=1S/C21H24N4O5S/c1-3-4-10-25-19-9-8-17(31(22,28)29)12-18(19)24-20(25)13-30-21(27)15-6-5-7-16(11-15)23-14(2)26/h5-9,11-12H,3-4,10,13H2,1-2H3,(H,23,26)(H2,22,28,29). The van der Waals surface area contributed by atoms with Crippen molar-refractivity contribution in [3.05, 3.63) is 53.9 Å². The summed E-state index contributed by atoms with van der Waals surface area (Å²) in [7, 11) is -3.85. The fourth-order valence-corrected chi connectivity index (χ4v) is 3.69. The highest BCUT2D eigenvalue weighted by Gasteiger charge is 2.17. The Morgan fingerprint density at radius 2 is 1.97 bits per heavy atom. The Morgan fingerprint density at radius 3 is 2.65 bits per heavy atom. The van der Waals surface area contributed by atoms with E-state index in [1.54, 1.807) is 24.3 Å². The molecule has 0 aliphatic heterocycles. The van der Waals surface area contributed by atoms with E-state index in [0.29, 0.717) is 29.1 Å². The van der Waals surface area contributed by atoms with Gasteiger partial charge in [0.15, 0.2) is 0 Å². The Hall–Kier alpha value is -3.24. The second kappa shape index (κ2) is 9.27. The van der Waals surface area contributed by atoms with Gasteiger partial charge in [0.2, 0.25) is 15.9 Å². The SMILES string of the molecule is CCCCn1c(COC(=O)c2cccc(NC(C)=O)c2)nc2cc(S(N)(=O)=O)ccc21. The van der Waals surface area contributed by atoms with Crippen LogP contribution in [0.5, 0.6) is 0 Å². The summed E-state index contributed by atoms with van der Waals surface area (Å²) in [4.78, 5) is 28.2. The van der Waals surface area contributed by atoms with Crippen LogP contribution in [0.1, 0.15) is 42.9 Å². The molecular weight excluding hydrogens is 420 g/mol. The van der Waals surface area contributed by atoms with Crippen LogP contribution in [0, 0.1) is 0 Å². The van der Waals surface area contributed by atoms with Gasteiger partial charge in [-0.3, -0.25) is 4.79 Å². The van der Waals surface area contributed by atoms with Crippen LogP contribution in [-0.4, -0.2) is 29.8 Å². The Morgan fingerprint density at radius 1 is 1.19 bits per heavy atom. The molecule has 1 heterocycles. The zero-order chi connectivity index (χ0) is 22.6. The van der Waals surface area contributed by atoms with E-state index in [2.05, 4.69) is 17.2 Å². The molecule has 0 unspecified atom stereocenters. The molecular formula is C21H24N4O5S. The van der Waals surface area contributed by atoms with Crippen LogP contribution in [0.3, 0.4) is 0 Å². The number of carbonyl (C=O) groups excluding carboxylic acids is 2. The molecule has 31 heavy (non-hydrogen) atoms. The maximum atomic E-state index is 12.5. The van der Waals surface area contributed by atoms with Crippen molar-refractivity contribution in [2.75, 3.05) is 5.32 Å². The van der Waals surface area contributed by atoms with E-state index < -0.39 is 16.0 Å². The molecule has 0 aliphatic rings. The lowest BCUT2D eigenvalue weighted by atomic mass is 10.2. The van der Waals surface area contributed by atoms with Crippen molar-refractivity contribution in [2.45, 2.75) is 44.7 Å². The second-order valence-corrected chi connectivity index (χ2v) is 8.63. The van der Waals surface area contributed by atoms with Gasteiger partial charge in [-0.2, -0.15) is 0 Å². The third-order valence-electron chi connectivity index (χ3n) is 4.61. The van der Waals surface area contributed by atoms with Gasteiger partial charge in [0.1, 0.15) is 12.4 Å². The van der Waals surface area contributed by atoms with Crippen LogP contribution in [0.25, 0.3) is 11.0 Å². The number of ether oxygens (including phenoxy) is 1. The highest BCUT2D eigenvalue weighted by molar-refractivity contribution is 7.89. The number of rotatable bonds is 8. The molecule has 0 spiro atoms. The third-order valence-corrected chi connectivity index (χ3v) is 5.52. The highest BCUT2D eigenvalue weighted by Crippen LogP contribution is 2.22. The molecule has 10 heteroatoms. The normalized spacial score (nSPS) is 11.5. The Labute approximate surface area is 180 Å². The summed E-state index contributed by atoms with van der Waals surface area (Å²) in [5.41, 5.74) is 1.98. The molecule has 3 aromatic rings. The number of nitrogens with one attached hydrogen (secondary N) is 1. The van der Waals surface area contributed by atoms with Crippen molar-refractivity contribution in [3.63, 3.8) is 0 Å².